The fourth-order valence-electron chi connectivity index (χ4n) is 3.38. The van der Waals surface area contributed by atoms with E-state index in [4.69, 9.17) is 25.8 Å². The van der Waals surface area contributed by atoms with Crippen LogP contribution < -0.4 is 18.9 Å². The Balaban J connectivity index is 1.48. The fraction of sp³-hybridized carbons (Fsp3) is 0.304. The van der Waals surface area contributed by atoms with Crippen LogP contribution in [0.1, 0.15) is 30.7 Å². The van der Waals surface area contributed by atoms with Crippen molar-refractivity contribution in [1.29, 1.82) is 0 Å². The van der Waals surface area contributed by atoms with Crippen LogP contribution >= 0.6 is 23.5 Å². The smallest absolute Gasteiger partial charge is 0.233 e. The Morgan fingerprint density at radius 2 is 1.87 bits per heavy atom. The number of rotatable bonds is 7. The molecule has 0 atom stereocenters. The molecule has 31 heavy (non-hydrogen) atoms. The van der Waals surface area contributed by atoms with Gasteiger partial charge in [-0.15, -0.1) is 0 Å². The van der Waals surface area contributed by atoms with E-state index in [0.717, 1.165) is 22.6 Å². The van der Waals surface area contributed by atoms with Gasteiger partial charge >= 0.3 is 0 Å². The number of fused-ring (bicyclic) bond motifs is 1. The van der Waals surface area contributed by atoms with Crippen LogP contribution in [0.3, 0.4) is 0 Å². The van der Waals surface area contributed by atoms with Crippen LogP contribution in [0.5, 0.6) is 17.2 Å². The van der Waals surface area contributed by atoms with E-state index in [1.807, 2.05) is 36.6 Å². The summed E-state index contributed by atoms with van der Waals surface area (Å²) < 4.78 is 20.3. The van der Waals surface area contributed by atoms with E-state index in [2.05, 4.69) is 40.7 Å². The second-order valence-corrected chi connectivity index (χ2v) is 8.62. The largest absolute Gasteiger partial charge is 0.487 e. The van der Waals surface area contributed by atoms with E-state index in [0.29, 0.717) is 42.3 Å². The average molecular weight is 458 g/mol. The Kier molecular flexibility index (Phi) is 6.43. The highest BCUT2D eigenvalue weighted by Gasteiger charge is 2.27. The molecule has 6 nitrogen and oxygen atoms in total. The van der Waals surface area contributed by atoms with Crippen LogP contribution in [0.25, 0.3) is 0 Å². The maximum absolute atomic E-state index is 6.46. The van der Waals surface area contributed by atoms with Crippen molar-refractivity contribution in [2.24, 2.45) is 0 Å². The Morgan fingerprint density at radius 1 is 1.10 bits per heavy atom. The Morgan fingerprint density at radius 3 is 2.65 bits per heavy atom. The predicted molar refractivity (Wildman–Crippen MR) is 125 cm³/mol. The Bertz CT molecular complexity index is 1060. The first-order valence-corrected chi connectivity index (χ1v) is 11.5. The molecule has 3 aromatic rings. The van der Waals surface area contributed by atoms with Gasteiger partial charge in [-0.3, -0.25) is 4.72 Å². The minimum absolute atomic E-state index is 0.275. The van der Waals surface area contributed by atoms with Crippen molar-refractivity contribution in [3.05, 3.63) is 70.5 Å². The van der Waals surface area contributed by atoms with E-state index in [9.17, 15) is 0 Å². The Hall–Kier alpha value is -2.64. The van der Waals surface area contributed by atoms with Gasteiger partial charge in [0.15, 0.2) is 11.5 Å². The van der Waals surface area contributed by atoms with E-state index in [-0.39, 0.29) is 5.41 Å². The zero-order valence-corrected chi connectivity index (χ0v) is 19.2. The number of ether oxygens (including phenoxy) is 3. The highest BCUT2D eigenvalue weighted by molar-refractivity contribution is 7.99. The van der Waals surface area contributed by atoms with Gasteiger partial charge in [0.1, 0.15) is 25.6 Å². The standard InChI is InChI=1S/C23H24ClN3O3S/c1-23(2,16-12-19(24)21-20(13-16)28-10-11-29-21)15-4-6-18(7-5-15)30-14-17-8-9-25-22(26-17)27-31-3/h4-9,12-13H,10-11,14H2,1-3H3,(H,25,26,27). The number of aromatic nitrogens is 2. The normalized spacial score (nSPS) is 13.0. The van der Waals surface area contributed by atoms with Gasteiger partial charge in [-0.2, -0.15) is 0 Å². The van der Waals surface area contributed by atoms with Crippen molar-refractivity contribution in [2.45, 2.75) is 25.9 Å². The molecule has 1 aliphatic rings. The molecule has 0 amide bonds. The van der Waals surface area contributed by atoms with Gasteiger partial charge in [0.25, 0.3) is 0 Å². The molecule has 0 saturated carbocycles. The molecule has 0 bridgehead atoms. The molecular formula is C23H24ClN3O3S. The van der Waals surface area contributed by atoms with Crippen LogP contribution in [0.2, 0.25) is 5.02 Å². The zero-order valence-electron chi connectivity index (χ0n) is 17.6. The number of anilines is 1. The van der Waals surface area contributed by atoms with Crippen molar-refractivity contribution in [3.8, 4) is 17.2 Å². The number of nitrogens with zero attached hydrogens (tertiary/aromatic N) is 2. The number of nitrogens with one attached hydrogen (secondary N) is 1. The second-order valence-electron chi connectivity index (χ2n) is 7.60. The lowest BCUT2D eigenvalue weighted by Crippen LogP contribution is -2.21. The molecule has 2 aromatic carbocycles. The first-order chi connectivity index (χ1) is 15.0. The van der Waals surface area contributed by atoms with Gasteiger partial charge in [0, 0.05) is 17.9 Å². The van der Waals surface area contributed by atoms with Crippen molar-refractivity contribution >= 4 is 29.5 Å². The summed E-state index contributed by atoms with van der Waals surface area (Å²) in [5.41, 5.74) is 2.73. The minimum Gasteiger partial charge on any atom is -0.487 e. The van der Waals surface area contributed by atoms with Gasteiger partial charge < -0.3 is 14.2 Å². The van der Waals surface area contributed by atoms with Crippen LogP contribution in [-0.4, -0.2) is 29.4 Å². The summed E-state index contributed by atoms with van der Waals surface area (Å²) >= 11 is 7.90. The summed E-state index contributed by atoms with van der Waals surface area (Å²) in [5.74, 6) is 2.67. The first kappa shape index (κ1) is 21.6. The molecule has 2 heterocycles. The molecule has 0 radical (unpaired) electrons. The lowest BCUT2D eigenvalue weighted by Gasteiger charge is -2.29. The highest BCUT2D eigenvalue weighted by atomic mass is 35.5. The molecule has 0 saturated heterocycles. The molecule has 1 aromatic heterocycles. The number of halogens is 1. The van der Waals surface area contributed by atoms with E-state index in [1.165, 1.54) is 11.9 Å². The molecule has 0 spiro atoms. The lowest BCUT2D eigenvalue weighted by atomic mass is 9.78. The van der Waals surface area contributed by atoms with Crippen molar-refractivity contribution in [3.63, 3.8) is 0 Å². The summed E-state index contributed by atoms with van der Waals surface area (Å²) in [6, 6.07) is 13.9. The molecule has 1 N–H and O–H groups in total. The van der Waals surface area contributed by atoms with Gasteiger partial charge in [0.05, 0.1) is 10.7 Å². The molecule has 1 aliphatic heterocycles. The van der Waals surface area contributed by atoms with E-state index in [1.54, 1.807) is 6.20 Å². The summed E-state index contributed by atoms with van der Waals surface area (Å²) in [5, 5.41) is 0.570. The third kappa shape index (κ3) is 4.83. The maximum atomic E-state index is 6.46. The lowest BCUT2D eigenvalue weighted by molar-refractivity contribution is 0.171. The van der Waals surface area contributed by atoms with Crippen LogP contribution in [-0.2, 0) is 12.0 Å². The van der Waals surface area contributed by atoms with Crippen LogP contribution in [0.15, 0.2) is 48.7 Å². The Labute approximate surface area is 191 Å². The van der Waals surface area contributed by atoms with Gasteiger partial charge in [-0.1, -0.05) is 49.5 Å². The summed E-state index contributed by atoms with van der Waals surface area (Å²) in [6.45, 7) is 5.73. The quantitative estimate of drug-likeness (QED) is 0.470. The van der Waals surface area contributed by atoms with Crippen molar-refractivity contribution < 1.29 is 14.2 Å². The van der Waals surface area contributed by atoms with E-state index < -0.39 is 0 Å². The first-order valence-electron chi connectivity index (χ1n) is 9.91. The fourth-order valence-corrected chi connectivity index (χ4v) is 3.93. The maximum Gasteiger partial charge on any atom is 0.233 e. The average Bonchev–Trinajstić information content (AvgIpc) is 2.78. The van der Waals surface area contributed by atoms with Gasteiger partial charge in [-0.05, 0) is 41.5 Å². The number of benzene rings is 2. The SMILES string of the molecule is CSNc1nccc(COc2ccc(C(C)(C)c3cc(Cl)c4c(c3)OCCO4)cc2)n1. The predicted octanol–water partition coefficient (Wildman–Crippen LogP) is 5.50. The summed E-state index contributed by atoms with van der Waals surface area (Å²) in [4.78, 5) is 8.57. The third-order valence-corrected chi connectivity index (χ3v) is 5.86. The topological polar surface area (TPSA) is 65.5 Å². The van der Waals surface area contributed by atoms with Crippen LogP contribution in [0, 0.1) is 0 Å². The van der Waals surface area contributed by atoms with Crippen molar-refractivity contribution in [2.75, 3.05) is 24.2 Å². The van der Waals surface area contributed by atoms with E-state index >= 15 is 0 Å². The summed E-state index contributed by atoms with van der Waals surface area (Å²) in [6.07, 6.45) is 3.64. The molecular weight excluding hydrogens is 434 g/mol. The number of hydrogen-bond donors (Lipinski definition) is 1. The highest BCUT2D eigenvalue weighted by Crippen LogP contribution is 2.43. The summed E-state index contributed by atoms with van der Waals surface area (Å²) in [7, 11) is 0. The van der Waals surface area contributed by atoms with Gasteiger partial charge in [0.2, 0.25) is 5.95 Å². The van der Waals surface area contributed by atoms with Gasteiger partial charge in [-0.25, -0.2) is 9.97 Å². The zero-order chi connectivity index (χ0) is 21.8. The van der Waals surface area contributed by atoms with Crippen LogP contribution in [0.4, 0.5) is 5.95 Å². The number of hydrogen-bond acceptors (Lipinski definition) is 7. The molecule has 8 heteroatoms. The molecule has 0 aliphatic carbocycles. The monoisotopic (exact) mass is 457 g/mol. The molecule has 4 rings (SSSR count). The minimum atomic E-state index is -0.275. The van der Waals surface area contributed by atoms with Crippen molar-refractivity contribution in [1.82, 2.24) is 9.97 Å². The third-order valence-electron chi connectivity index (χ3n) is 5.19. The molecule has 162 valence electrons. The second kappa shape index (κ2) is 9.24. The molecule has 0 unspecified atom stereocenters. The molecule has 0 fully saturated rings.